The number of allylic oxidation sites excluding steroid dienone is 1. The average molecular weight is 322 g/mol. The highest BCUT2D eigenvalue weighted by Gasteiger charge is 2.43. The van der Waals surface area contributed by atoms with Crippen molar-refractivity contribution in [1.82, 2.24) is 9.80 Å². The number of rotatable bonds is 4. The van der Waals surface area contributed by atoms with Gasteiger partial charge in [0.05, 0.1) is 12.1 Å². The number of hydrogen-bond donors (Lipinski definition) is 1. The molecule has 1 N–H and O–H groups in total. The SMILES string of the molecule is C[C@H]1[C@@H](c2ccccc2)N(/C(O)=C/Cc2ccccc2)C(=O)N1C. The van der Waals surface area contributed by atoms with Crippen molar-refractivity contribution in [2.45, 2.75) is 25.4 Å². The molecule has 4 heteroatoms. The van der Waals surface area contributed by atoms with Crippen LogP contribution in [0.5, 0.6) is 0 Å². The van der Waals surface area contributed by atoms with Crippen molar-refractivity contribution in [3.8, 4) is 0 Å². The van der Waals surface area contributed by atoms with Crippen molar-refractivity contribution in [2.24, 2.45) is 0 Å². The van der Waals surface area contributed by atoms with Gasteiger partial charge in [-0.25, -0.2) is 4.79 Å². The lowest BCUT2D eigenvalue weighted by Crippen LogP contribution is -2.30. The summed E-state index contributed by atoms with van der Waals surface area (Å²) in [6, 6.07) is 19.3. The number of aliphatic hydroxyl groups excluding tert-OH is 1. The van der Waals surface area contributed by atoms with E-state index in [9.17, 15) is 9.90 Å². The minimum atomic E-state index is -0.198. The van der Waals surface area contributed by atoms with Gasteiger partial charge in [0, 0.05) is 7.05 Å². The number of likely N-dealkylation sites (N-methyl/N-ethyl adjacent to an activating group) is 1. The van der Waals surface area contributed by atoms with Crippen molar-refractivity contribution in [1.29, 1.82) is 0 Å². The van der Waals surface area contributed by atoms with Crippen LogP contribution in [0.25, 0.3) is 0 Å². The van der Waals surface area contributed by atoms with E-state index in [0.717, 1.165) is 11.1 Å². The molecule has 1 heterocycles. The fourth-order valence-electron chi connectivity index (χ4n) is 3.13. The molecule has 4 nitrogen and oxygen atoms in total. The molecule has 2 aromatic rings. The average Bonchev–Trinajstić information content (AvgIpc) is 2.85. The molecule has 1 aliphatic rings. The van der Waals surface area contributed by atoms with Gasteiger partial charge >= 0.3 is 6.03 Å². The molecular formula is C20H22N2O2. The summed E-state index contributed by atoms with van der Waals surface area (Å²) in [4.78, 5) is 15.8. The molecule has 0 aliphatic carbocycles. The van der Waals surface area contributed by atoms with Gasteiger partial charge in [0.15, 0.2) is 5.88 Å². The molecule has 3 rings (SSSR count). The van der Waals surface area contributed by atoms with E-state index in [2.05, 4.69) is 0 Å². The maximum Gasteiger partial charge on any atom is 0.327 e. The lowest BCUT2D eigenvalue weighted by Gasteiger charge is -2.24. The first kappa shape index (κ1) is 16.1. The van der Waals surface area contributed by atoms with E-state index in [1.165, 1.54) is 4.90 Å². The smallest absolute Gasteiger partial charge is 0.327 e. The number of carbonyl (C=O) groups excluding carboxylic acids is 1. The molecule has 24 heavy (non-hydrogen) atoms. The van der Waals surface area contributed by atoms with Crippen LogP contribution in [-0.2, 0) is 6.42 Å². The van der Waals surface area contributed by atoms with E-state index < -0.39 is 0 Å². The predicted molar refractivity (Wildman–Crippen MR) is 94.5 cm³/mol. The molecule has 1 fully saturated rings. The summed E-state index contributed by atoms with van der Waals surface area (Å²) in [5, 5.41) is 10.6. The van der Waals surface area contributed by atoms with Crippen LogP contribution >= 0.6 is 0 Å². The number of nitrogens with zero attached hydrogens (tertiary/aromatic N) is 2. The molecule has 2 amide bonds. The van der Waals surface area contributed by atoms with Gasteiger partial charge < -0.3 is 10.0 Å². The van der Waals surface area contributed by atoms with Crippen LogP contribution in [0.4, 0.5) is 4.79 Å². The monoisotopic (exact) mass is 322 g/mol. The van der Waals surface area contributed by atoms with Crippen molar-refractivity contribution < 1.29 is 9.90 Å². The van der Waals surface area contributed by atoms with Crippen LogP contribution in [0.15, 0.2) is 72.6 Å². The van der Waals surface area contributed by atoms with Crippen molar-refractivity contribution >= 4 is 6.03 Å². The van der Waals surface area contributed by atoms with E-state index in [0.29, 0.717) is 6.42 Å². The van der Waals surface area contributed by atoms with Crippen LogP contribution in [0.3, 0.4) is 0 Å². The van der Waals surface area contributed by atoms with Crippen LogP contribution in [0, 0.1) is 0 Å². The quantitative estimate of drug-likeness (QED) is 0.860. The van der Waals surface area contributed by atoms with Crippen LogP contribution in [0.1, 0.15) is 24.1 Å². The molecule has 0 saturated carbocycles. The Morgan fingerprint density at radius 2 is 1.67 bits per heavy atom. The molecular weight excluding hydrogens is 300 g/mol. The maximum atomic E-state index is 12.6. The fraction of sp³-hybridized carbons (Fsp3) is 0.250. The summed E-state index contributed by atoms with van der Waals surface area (Å²) in [5.41, 5.74) is 2.11. The lowest BCUT2D eigenvalue weighted by atomic mass is 10.0. The third-order valence-corrected chi connectivity index (χ3v) is 4.60. The van der Waals surface area contributed by atoms with E-state index in [-0.39, 0.29) is 24.0 Å². The Morgan fingerprint density at radius 3 is 2.29 bits per heavy atom. The second-order valence-electron chi connectivity index (χ2n) is 6.11. The van der Waals surface area contributed by atoms with E-state index in [4.69, 9.17) is 0 Å². The second kappa shape index (κ2) is 6.79. The Balaban J connectivity index is 1.89. The Morgan fingerprint density at radius 1 is 1.08 bits per heavy atom. The Labute approximate surface area is 142 Å². The van der Waals surface area contributed by atoms with Gasteiger partial charge in [-0.3, -0.25) is 4.90 Å². The summed E-state index contributed by atoms with van der Waals surface area (Å²) >= 11 is 0. The van der Waals surface area contributed by atoms with E-state index in [1.54, 1.807) is 18.0 Å². The highest BCUT2D eigenvalue weighted by Crippen LogP contribution is 2.36. The third kappa shape index (κ3) is 3.00. The zero-order valence-electron chi connectivity index (χ0n) is 14.0. The van der Waals surface area contributed by atoms with Crippen LogP contribution < -0.4 is 0 Å². The number of urea groups is 1. The van der Waals surface area contributed by atoms with Crippen molar-refractivity contribution in [3.05, 3.63) is 83.7 Å². The molecule has 0 unspecified atom stereocenters. The summed E-state index contributed by atoms with van der Waals surface area (Å²) in [6.07, 6.45) is 2.28. The molecule has 0 aromatic heterocycles. The van der Waals surface area contributed by atoms with Crippen LogP contribution in [0.2, 0.25) is 0 Å². The highest BCUT2D eigenvalue weighted by molar-refractivity contribution is 5.79. The van der Waals surface area contributed by atoms with E-state index in [1.807, 2.05) is 67.6 Å². The first-order chi connectivity index (χ1) is 11.6. The van der Waals surface area contributed by atoms with Gasteiger partial charge in [-0.1, -0.05) is 60.7 Å². The van der Waals surface area contributed by atoms with Gasteiger partial charge in [0.2, 0.25) is 0 Å². The zero-order valence-corrected chi connectivity index (χ0v) is 14.0. The minimum Gasteiger partial charge on any atom is -0.495 e. The lowest BCUT2D eigenvalue weighted by molar-refractivity contribution is 0.172. The van der Waals surface area contributed by atoms with Crippen molar-refractivity contribution in [3.63, 3.8) is 0 Å². The number of aliphatic hydroxyl groups is 1. The Hall–Kier alpha value is -2.75. The standard InChI is InChI=1S/C20H22N2O2/c1-15-19(17-11-7-4-8-12-17)22(20(24)21(15)2)18(23)14-13-16-9-5-3-6-10-16/h3-12,14-15,19,23H,13H2,1-2H3/b18-14-/t15-,19-/m0/s1. The summed E-state index contributed by atoms with van der Waals surface area (Å²) in [6.45, 7) is 2.00. The van der Waals surface area contributed by atoms with Gasteiger partial charge in [-0.05, 0) is 30.5 Å². The molecule has 0 radical (unpaired) electrons. The maximum absolute atomic E-state index is 12.6. The first-order valence-electron chi connectivity index (χ1n) is 8.13. The number of hydrogen-bond acceptors (Lipinski definition) is 2. The van der Waals surface area contributed by atoms with E-state index >= 15 is 0 Å². The molecule has 1 saturated heterocycles. The molecule has 2 aromatic carbocycles. The van der Waals surface area contributed by atoms with Gasteiger partial charge in [0.1, 0.15) is 0 Å². The number of benzene rings is 2. The number of amides is 2. The zero-order chi connectivity index (χ0) is 17.1. The molecule has 124 valence electrons. The fourth-order valence-corrected chi connectivity index (χ4v) is 3.13. The molecule has 2 atom stereocenters. The first-order valence-corrected chi connectivity index (χ1v) is 8.13. The topological polar surface area (TPSA) is 43.8 Å². The second-order valence-corrected chi connectivity index (χ2v) is 6.11. The minimum absolute atomic E-state index is 0.00825. The number of carbonyl (C=O) groups is 1. The molecule has 0 bridgehead atoms. The van der Waals surface area contributed by atoms with Crippen LogP contribution in [-0.4, -0.2) is 34.0 Å². The molecule has 0 spiro atoms. The third-order valence-electron chi connectivity index (χ3n) is 4.60. The summed E-state index contributed by atoms with van der Waals surface area (Å²) in [7, 11) is 1.77. The van der Waals surface area contributed by atoms with Gasteiger partial charge in [-0.2, -0.15) is 0 Å². The summed E-state index contributed by atoms with van der Waals surface area (Å²) in [5.74, 6) is 0.00825. The molecule has 1 aliphatic heterocycles. The highest BCUT2D eigenvalue weighted by atomic mass is 16.3. The predicted octanol–water partition coefficient (Wildman–Crippen LogP) is 4.13. The largest absolute Gasteiger partial charge is 0.495 e. The Bertz CT molecular complexity index is 728. The van der Waals surface area contributed by atoms with Crippen molar-refractivity contribution in [2.75, 3.05) is 7.05 Å². The Kier molecular flexibility index (Phi) is 4.56. The normalized spacial score (nSPS) is 21.4. The van der Waals surface area contributed by atoms with Gasteiger partial charge in [0.25, 0.3) is 0 Å². The van der Waals surface area contributed by atoms with Gasteiger partial charge in [-0.15, -0.1) is 0 Å². The summed E-state index contributed by atoms with van der Waals surface area (Å²) < 4.78 is 0.